The molecule has 1 atom stereocenters. The van der Waals surface area contributed by atoms with E-state index in [9.17, 15) is 14.4 Å². The van der Waals surface area contributed by atoms with E-state index in [4.69, 9.17) is 16.1 Å². The van der Waals surface area contributed by atoms with Crippen molar-refractivity contribution in [3.63, 3.8) is 0 Å². The molecule has 3 rings (SSSR count). The first-order chi connectivity index (χ1) is 17.0. The van der Waals surface area contributed by atoms with Gasteiger partial charge in [0.15, 0.2) is 5.82 Å². The minimum absolute atomic E-state index is 0.101. The van der Waals surface area contributed by atoms with Crippen molar-refractivity contribution in [1.29, 1.82) is 0 Å². The van der Waals surface area contributed by atoms with Crippen LogP contribution in [0.3, 0.4) is 0 Å². The van der Waals surface area contributed by atoms with Gasteiger partial charge in [-0.25, -0.2) is 0 Å². The van der Waals surface area contributed by atoms with Crippen LogP contribution in [0.1, 0.15) is 56.5 Å². The number of anilines is 1. The molecule has 3 aromatic rings. The smallest absolute Gasteiger partial charge is 0.247 e. The number of carbonyl (C=O) groups is 3. The molecule has 0 aliphatic rings. The van der Waals surface area contributed by atoms with Crippen molar-refractivity contribution < 1.29 is 18.9 Å². The van der Waals surface area contributed by atoms with Gasteiger partial charge in [-0.2, -0.15) is 0 Å². The van der Waals surface area contributed by atoms with Crippen molar-refractivity contribution in [2.45, 2.75) is 58.7 Å². The third-order valence-corrected chi connectivity index (χ3v) is 5.46. The molecule has 0 spiro atoms. The van der Waals surface area contributed by atoms with Crippen LogP contribution in [0.25, 0.3) is 0 Å². The molecule has 2 heterocycles. The van der Waals surface area contributed by atoms with Gasteiger partial charge in [0.2, 0.25) is 17.7 Å². The molecule has 36 heavy (non-hydrogen) atoms. The number of aryl methyl sites for hydroxylation is 1. The zero-order chi connectivity index (χ0) is 26.3. The van der Waals surface area contributed by atoms with Gasteiger partial charge >= 0.3 is 0 Å². The summed E-state index contributed by atoms with van der Waals surface area (Å²) in [6.07, 6.45) is 3.02. The summed E-state index contributed by atoms with van der Waals surface area (Å²) >= 11 is 6.50. The highest BCUT2D eigenvalue weighted by Gasteiger charge is 2.34. The third-order valence-electron chi connectivity index (χ3n) is 5.12. The highest BCUT2D eigenvalue weighted by atomic mass is 35.5. The molecule has 1 aromatic carbocycles. The van der Waals surface area contributed by atoms with Gasteiger partial charge in [-0.05, 0) is 45.4 Å². The van der Waals surface area contributed by atoms with Gasteiger partial charge < -0.3 is 20.1 Å². The Bertz CT molecular complexity index is 1210. The minimum atomic E-state index is -1.02. The first-order valence-corrected chi connectivity index (χ1v) is 11.9. The van der Waals surface area contributed by atoms with Crippen molar-refractivity contribution in [1.82, 2.24) is 20.4 Å². The van der Waals surface area contributed by atoms with Crippen LogP contribution in [-0.4, -0.2) is 38.3 Å². The van der Waals surface area contributed by atoms with Crippen molar-refractivity contribution in [3.8, 4) is 0 Å². The Morgan fingerprint density at radius 2 is 1.86 bits per heavy atom. The number of halogens is 1. The van der Waals surface area contributed by atoms with Crippen molar-refractivity contribution in [2.24, 2.45) is 0 Å². The number of amides is 3. The van der Waals surface area contributed by atoms with E-state index in [-0.39, 0.29) is 37.0 Å². The molecule has 0 saturated heterocycles. The van der Waals surface area contributed by atoms with E-state index in [1.165, 1.54) is 4.90 Å². The van der Waals surface area contributed by atoms with Crippen molar-refractivity contribution >= 4 is 35.1 Å². The Kier molecular flexibility index (Phi) is 8.82. The molecule has 0 aliphatic heterocycles. The lowest BCUT2D eigenvalue weighted by Gasteiger charge is -2.34. The van der Waals surface area contributed by atoms with Crippen LogP contribution in [0.15, 0.2) is 59.4 Å². The summed E-state index contributed by atoms with van der Waals surface area (Å²) in [5, 5.41) is 9.65. The highest BCUT2D eigenvalue weighted by molar-refractivity contribution is 6.31. The normalized spacial score (nSPS) is 12.0. The maximum Gasteiger partial charge on any atom is 0.247 e. The molecule has 0 bridgehead atoms. The molecule has 9 nitrogen and oxygen atoms in total. The standard InChI is InChI=1S/C26H30ClN5O4/c1-17-14-21(31-36-17)29-22(33)11-12-23(34)32(16-18-8-7-13-28-15-18)24(25(35)30-26(2,3)4)19-9-5-6-10-20(19)27/h5-10,13-15,24H,11-12,16H2,1-4H3,(H,30,35)(H,29,31,33)/t24-/m0/s1. The number of aromatic nitrogens is 2. The summed E-state index contributed by atoms with van der Waals surface area (Å²) < 4.78 is 4.95. The molecule has 0 aliphatic carbocycles. The maximum absolute atomic E-state index is 13.6. The Labute approximate surface area is 215 Å². The van der Waals surface area contributed by atoms with E-state index < -0.39 is 17.5 Å². The monoisotopic (exact) mass is 511 g/mol. The molecule has 0 fully saturated rings. The molecule has 190 valence electrons. The van der Waals surface area contributed by atoms with Crippen LogP contribution in [0.5, 0.6) is 0 Å². The number of benzene rings is 1. The van der Waals surface area contributed by atoms with Crippen LogP contribution >= 0.6 is 11.6 Å². The molecular formula is C26H30ClN5O4. The quantitative estimate of drug-likeness (QED) is 0.438. The van der Waals surface area contributed by atoms with Crippen LogP contribution in [0.4, 0.5) is 5.82 Å². The van der Waals surface area contributed by atoms with Gasteiger partial charge in [0, 0.05) is 54.0 Å². The lowest BCUT2D eigenvalue weighted by molar-refractivity contribution is -0.142. The number of hydrogen-bond donors (Lipinski definition) is 2. The Hall–Kier alpha value is -3.72. The van der Waals surface area contributed by atoms with Crippen molar-refractivity contribution in [3.05, 3.63) is 76.8 Å². The van der Waals surface area contributed by atoms with Gasteiger partial charge in [-0.15, -0.1) is 0 Å². The number of nitrogens with one attached hydrogen (secondary N) is 2. The highest BCUT2D eigenvalue weighted by Crippen LogP contribution is 2.30. The van der Waals surface area contributed by atoms with E-state index in [1.807, 2.05) is 26.8 Å². The Morgan fingerprint density at radius 1 is 1.11 bits per heavy atom. The van der Waals surface area contributed by atoms with Gasteiger partial charge in [-0.1, -0.05) is 41.0 Å². The second kappa shape index (κ2) is 11.8. The first kappa shape index (κ1) is 26.9. The molecular weight excluding hydrogens is 482 g/mol. The fourth-order valence-electron chi connectivity index (χ4n) is 3.59. The number of hydrogen-bond acceptors (Lipinski definition) is 6. The average molecular weight is 512 g/mol. The Morgan fingerprint density at radius 3 is 2.47 bits per heavy atom. The van der Waals surface area contributed by atoms with E-state index in [0.29, 0.717) is 16.3 Å². The molecule has 2 aromatic heterocycles. The van der Waals surface area contributed by atoms with Crippen molar-refractivity contribution in [2.75, 3.05) is 5.32 Å². The average Bonchev–Trinajstić information content (AvgIpc) is 3.22. The summed E-state index contributed by atoms with van der Waals surface area (Å²) in [4.78, 5) is 45.1. The third kappa shape index (κ3) is 7.64. The minimum Gasteiger partial charge on any atom is -0.360 e. The molecule has 0 unspecified atom stereocenters. The fraction of sp³-hybridized carbons (Fsp3) is 0.346. The number of nitrogens with zero attached hydrogens (tertiary/aromatic N) is 3. The number of pyridine rings is 1. The van der Waals surface area contributed by atoms with Crippen LogP contribution in [0.2, 0.25) is 5.02 Å². The Balaban J connectivity index is 1.90. The fourth-order valence-corrected chi connectivity index (χ4v) is 3.83. The SMILES string of the molecule is Cc1cc(NC(=O)CCC(=O)N(Cc2cccnc2)[C@H](C(=O)NC(C)(C)C)c2ccccc2Cl)no1. The van der Waals surface area contributed by atoms with E-state index in [0.717, 1.165) is 5.56 Å². The molecule has 0 radical (unpaired) electrons. The van der Waals surface area contributed by atoms with Crippen LogP contribution in [-0.2, 0) is 20.9 Å². The second-order valence-corrected chi connectivity index (χ2v) is 9.82. The summed E-state index contributed by atoms with van der Waals surface area (Å²) in [6.45, 7) is 7.39. The zero-order valence-electron chi connectivity index (χ0n) is 20.7. The van der Waals surface area contributed by atoms with E-state index >= 15 is 0 Å². The zero-order valence-corrected chi connectivity index (χ0v) is 21.5. The van der Waals surface area contributed by atoms with Crippen LogP contribution < -0.4 is 10.6 Å². The summed E-state index contributed by atoms with van der Waals surface area (Å²) in [7, 11) is 0. The molecule has 0 saturated carbocycles. The number of rotatable bonds is 9. The predicted molar refractivity (Wildman–Crippen MR) is 136 cm³/mol. The van der Waals surface area contributed by atoms with E-state index in [2.05, 4.69) is 20.8 Å². The molecule has 10 heteroatoms. The van der Waals surface area contributed by atoms with Gasteiger partial charge in [-0.3, -0.25) is 19.4 Å². The van der Waals surface area contributed by atoms with Gasteiger partial charge in [0.05, 0.1) is 0 Å². The first-order valence-electron chi connectivity index (χ1n) is 11.5. The van der Waals surface area contributed by atoms with Crippen LogP contribution in [0, 0.1) is 6.92 Å². The molecule has 3 amide bonds. The summed E-state index contributed by atoms with van der Waals surface area (Å²) in [5.74, 6) is -0.340. The second-order valence-electron chi connectivity index (χ2n) is 9.42. The largest absolute Gasteiger partial charge is 0.360 e. The predicted octanol–water partition coefficient (Wildman–Crippen LogP) is 4.43. The maximum atomic E-state index is 13.6. The summed E-state index contributed by atoms with van der Waals surface area (Å²) in [5.41, 5.74) is 0.671. The topological polar surface area (TPSA) is 117 Å². The summed E-state index contributed by atoms with van der Waals surface area (Å²) in [6, 6.07) is 11.0. The van der Waals surface area contributed by atoms with E-state index in [1.54, 1.807) is 55.7 Å². The number of carbonyl (C=O) groups excluding carboxylic acids is 3. The lowest BCUT2D eigenvalue weighted by atomic mass is 10.00. The molecule has 2 N–H and O–H groups in total. The van der Waals surface area contributed by atoms with Gasteiger partial charge in [0.1, 0.15) is 11.8 Å². The lowest BCUT2D eigenvalue weighted by Crippen LogP contribution is -2.49. The van der Waals surface area contributed by atoms with Gasteiger partial charge in [0.25, 0.3) is 0 Å².